The number of nitrogens with zero attached hydrogens (tertiary/aromatic N) is 1. The van der Waals surface area contributed by atoms with Crippen molar-refractivity contribution in [2.75, 3.05) is 18.4 Å². The number of aryl methyl sites for hydroxylation is 1. The third-order valence-electron chi connectivity index (χ3n) is 4.30. The van der Waals surface area contributed by atoms with Gasteiger partial charge in [-0.1, -0.05) is 25.5 Å². The fourth-order valence-electron chi connectivity index (χ4n) is 2.72. The van der Waals surface area contributed by atoms with Crippen molar-refractivity contribution in [1.82, 2.24) is 4.90 Å². The van der Waals surface area contributed by atoms with Crippen LogP contribution in [0.5, 0.6) is 0 Å². The Morgan fingerprint density at radius 3 is 2.60 bits per heavy atom. The number of esters is 1. The molecule has 1 saturated heterocycles. The molecule has 1 fully saturated rings. The molecule has 1 aliphatic rings. The average Bonchev–Trinajstić information content (AvgIpc) is 2.80. The van der Waals surface area contributed by atoms with Gasteiger partial charge < -0.3 is 15.0 Å². The van der Waals surface area contributed by atoms with Gasteiger partial charge in [0.25, 0.3) is 5.91 Å². The largest absolute Gasteiger partial charge is 0.451 e. The van der Waals surface area contributed by atoms with Gasteiger partial charge in [0.15, 0.2) is 6.10 Å². The highest BCUT2D eigenvalue weighted by Gasteiger charge is 2.23. The van der Waals surface area contributed by atoms with Crippen molar-refractivity contribution >= 4 is 23.5 Å². The summed E-state index contributed by atoms with van der Waals surface area (Å²) in [4.78, 5) is 37.6. The quantitative estimate of drug-likeness (QED) is 0.803. The van der Waals surface area contributed by atoms with Crippen LogP contribution in [0.25, 0.3) is 0 Å². The number of rotatable bonds is 6. The topological polar surface area (TPSA) is 75.7 Å². The van der Waals surface area contributed by atoms with Crippen LogP contribution in [0.15, 0.2) is 24.3 Å². The summed E-state index contributed by atoms with van der Waals surface area (Å²) in [5, 5.41) is 2.72. The van der Waals surface area contributed by atoms with Crippen LogP contribution in [0.3, 0.4) is 0 Å². The average molecular weight is 346 g/mol. The number of hydrogen-bond acceptors (Lipinski definition) is 4. The molecule has 25 heavy (non-hydrogen) atoms. The van der Waals surface area contributed by atoms with E-state index < -0.39 is 12.1 Å². The molecule has 2 rings (SSSR count). The van der Waals surface area contributed by atoms with Gasteiger partial charge in [0.1, 0.15) is 6.54 Å². The number of anilines is 1. The second-order valence-corrected chi connectivity index (χ2v) is 6.30. The Labute approximate surface area is 148 Å². The fraction of sp³-hybridized carbons (Fsp3) is 0.526. The van der Waals surface area contributed by atoms with Crippen LogP contribution in [-0.4, -0.2) is 41.9 Å². The van der Waals surface area contributed by atoms with Crippen LogP contribution < -0.4 is 5.32 Å². The van der Waals surface area contributed by atoms with Crippen LogP contribution in [0, 0.1) is 0 Å². The monoisotopic (exact) mass is 346 g/mol. The first-order valence-electron chi connectivity index (χ1n) is 8.86. The molecule has 6 nitrogen and oxygen atoms in total. The van der Waals surface area contributed by atoms with Crippen molar-refractivity contribution in [3.8, 4) is 0 Å². The molecular weight excluding hydrogens is 320 g/mol. The van der Waals surface area contributed by atoms with Crippen molar-refractivity contribution in [1.29, 1.82) is 0 Å². The van der Waals surface area contributed by atoms with E-state index in [0.717, 1.165) is 25.7 Å². The molecule has 1 heterocycles. The fourth-order valence-corrected chi connectivity index (χ4v) is 2.72. The lowest BCUT2D eigenvalue weighted by atomic mass is 10.1. The normalized spacial score (nSPS) is 16.1. The number of carbonyl (C=O) groups is 3. The zero-order valence-electron chi connectivity index (χ0n) is 14.9. The maximum absolute atomic E-state index is 12.1. The zero-order chi connectivity index (χ0) is 18.2. The lowest BCUT2D eigenvalue weighted by Gasteiger charge is -2.20. The molecule has 0 saturated carbocycles. The lowest BCUT2D eigenvalue weighted by molar-refractivity contribution is -0.156. The minimum Gasteiger partial charge on any atom is -0.451 e. The Bertz CT molecular complexity index is 612. The lowest BCUT2D eigenvalue weighted by Crippen LogP contribution is -2.38. The first-order valence-corrected chi connectivity index (χ1v) is 8.86. The molecule has 2 amide bonds. The van der Waals surface area contributed by atoms with Crippen molar-refractivity contribution in [3.63, 3.8) is 0 Å². The van der Waals surface area contributed by atoms with Gasteiger partial charge in [-0.3, -0.25) is 14.4 Å². The molecule has 1 N–H and O–H groups in total. The van der Waals surface area contributed by atoms with E-state index in [4.69, 9.17) is 4.74 Å². The highest BCUT2D eigenvalue weighted by Crippen LogP contribution is 2.12. The van der Waals surface area contributed by atoms with Crippen molar-refractivity contribution in [3.05, 3.63) is 29.8 Å². The van der Waals surface area contributed by atoms with Gasteiger partial charge in [0, 0.05) is 18.7 Å². The van der Waals surface area contributed by atoms with Crippen LogP contribution >= 0.6 is 0 Å². The predicted molar refractivity (Wildman–Crippen MR) is 95.1 cm³/mol. The number of ether oxygens (including phenoxy) is 1. The van der Waals surface area contributed by atoms with E-state index in [9.17, 15) is 14.4 Å². The molecule has 6 heteroatoms. The van der Waals surface area contributed by atoms with Gasteiger partial charge in [-0.25, -0.2) is 0 Å². The van der Waals surface area contributed by atoms with Gasteiger partial charge >= 0.3 is 5.97 Å². The van der Waals surface area contributed by atoms with E-state index in [0.29, 0.717) is 18.7 Å². The second-order valence-electron chi connectivity index (χ2n) is 6.30. The minimum atomic E-state index is -0.916. The Hall–Kier alpha value is -2.37. The summed E-state index contributed by atoms with van der Waals surface area (Å²) in [5.74, 6) is -0.971. The smallest absolute Gasteiger partial charge is 0.326 e. The maximum Gasteiger partial charge on any atom is 0.326 e. The Kier molecular flexibility index (Phi) is 6.98. The van der Waals surface area contributed by atoms with Crippen LogP contribution in [0.1, 0.15) is 45.1 Å². The zero-order valence-corrected chi connectivity index (χ0v) is 14.9. The van der Waals surface area contributed by atoms with Gasteiger partial charge in [-0.05, 0) is 43.9 Å². The second kappa shape index (κ2) is 9.20. The summed E-state index contributed by atoms with van der Waals surface area (Å²) in [6.45, 7) is 4.06. The molecule has 1 aromatic rings. The molecule has 0 spiro atoms. The van der Waals surface area contributed by atoms with Crippen LogP contribution in [0.2, 0.25) is 0 Å². The van der Waals surface area contributed by atoms with E-state index in [1.807, 2.05) is 24.3 Å². The third-order valence-corrected chi connectivity index (χ3v) is 4.30. The number of amides is 2. The van der Waals surface area contributed by atoms with Crippen LogP contribution in [-0.2, 0) is 25.5 Å². The summed E-state index contributed by atoms with van der Waals surface area (Å²) in [7, 11) is 0. The number of nitrogens with one attached hydrogen (secondary N) is 1. The molecule has 0 radical (unpaired) electrons. The van der Waals surface area contributed by atoms with Crippen molar-refractivity contribution in [2.45, 2.75) is 52.1 Å². The number of carbonyl (C=O) groups excluding carboxylic acids is 3. The highest BCUT2D eigenvalue weighted by molar-refractivity contribution is 5.95. The summed E-state index contributed by atoms with van der Waals surface area (Å²) < 4.78 is 5.18. The Morgan fingerprint density at radius 1 is 1.20 bits per heavy atom. The Morgan fingerprint density at radius 2 is 1.92 bits per heavy atom. The summed E-state index contributed by atoms with van der Waals surface area (Å²) >= 11 is 0. The third kappa shape index (κ3) is 5.89. The molecule has 0 aromatic heterocycles. The Balaban J connectivity index is 1.82. The van der Waals surface area contributed by atoms with E-state index in [2.05, 4.69) is 12.2 Å². The first kappa shape index (κ1) is 19.0. The SMILES string of the molecule is CCc1ccc(NC(=O)[C@@H](C)OC(=O)CN2CCCCCC2=O)cc1. The number of hydrogen-bond donors (Lipinski definition) is 1. The summed E-state index contributed by atoms with van der Waals surface area (Å²) in [6.07, 6.45) is 3.23. The van der Waals surface area contributed by atoms with E-state index >= 15 is 0 Å². The minimum absolute atomic E-state index is 0.0254. The van der Waals surface area contributed by atoms with E-state index in [1.165, 1.54) is 17.4 Å². The van der Waals surface area contributed by atoms with Gasteiger partial charge in [0.05, 0.1) is 0 Å². The predicted octanol–water partition coefficient (Wildman–Crippen LogP) is 2.52. The standard InChI is InChI=1S/C19H26N2O4/c1-3-15-8-10-16(11-9-15)20-19(24)14(2)25-18(23)13-21-12-6-4-5-7-17(21)22/h8-11,14H,3-7,12-13H2,1-2H3,(H,20,24)/t14-/m1/s1. The maximum atomic E-state index is 12.1. The molecule has 0 aliphatic carbocycles. The molecule has 1 aliphatic heterocycles. The van der Waals surface area contributed by atoms with Gasteiger partial charge in [-0.15, -0.1) is 0 Å². The highest BCUT2D eigenvalue weighted by atomic mass is 16.5. The van der Waals surface area contributed by atoms with Crippen LogP contribution in [0.4, 0.5) is 5.69 Å². The molecule has 1 aromatic carbocycles. The molecule has 1 atom stereocenters. The van der Waals surface area contributed by atoms with E-state index in [-0.39, 0.29) is 18.4 Å². The number of benzene rings is 1. The summed E-state index contributed by atoms with van der Waals surface area (Å²) in [5.41, 5.74) is 1.84. The molecule has 0 unspecified atom stereocenters. The van der Waals surface area contributed by atoms with Gasteiger partial charge in [-0.2, -0.15) is 0 Å². The van der Waals surface area contributed by atoms with E-state index in [1.54, 1.807) is 0 Å². The first-order chi connectivity index (χ1) is 12.0. The van der Waals surface area contributed by atoms with Crippen molar-refractivity contribution in [2.24, 2.45) is 0 Å². The number of likely N-dealkylation sites (tertiary alicyclic amines) is 1. The molecular formula is C19H26N2O4. The summed E-state index contributed by atoms with van der Waals surface area (Å²) in [6, 6.07) is 7.52. The van der Waals surface area contributed by atoms with Crippen molar-refractivity contribution < 1.29 is 19.1 Å². The van der Waals surface area contributed by atoms with Gasteiger partial charge in [0.2, 0.25) is 5.91 Å². The molecule has 0 bridgehead atoms. The molecule has 136 valence electrons.